The highest BCUT2D eigenvalue weighted by Crippen LogP contribution is 2.17. The van der Waals surface area contributed by atoms with E-state index in [-0.39, 0.29) is 11.8 Å². The van der Waals surface area contributed by atoms with E-state index in [0.717, 1.165) is 27.9 Å². The molecule has 0 unspecified atom stereocenters. The summed E-state index contributed by atoms with van der Waals surface area (Å²) in [6.45, 7) is 6.43. The molecule has 4 heteroatoms. The lowest BCUT2D eigenvalue weighted by Crippen LogP contribution is -2.23. The number of nitrogens with one attached hydrogen (secondary N) is 2. The third-order valence-corrected chi connectivity index (χ3v) is 4.72. The van der Waals surface area contributed by atoms with Crippen molar-refractivity contribution < 1.29 is 9.59 Å². The van der Waals surface area contributed by atoms with Gasteiger partial charge in [-0.3, -0.25) is 9.59 Å². The molecule has 0 spiro atoms. The molecule has 28 heavy (non-hydrogen) atoms. The summed E-state index contributed by atoms with van der Waals surface area (Å²) in [6.07, 6.45) is 0. The van der Waals surface area contributed by atoms with Crippen molar-refractivity contribution in [2.75, 3.05) is 5.32 Å². The van der Waals surface area contributed by atoms with Crippen molar-refractivity contribution in [1.82, 2.24) is 5.32 Å². The lowest BCUT2D eigenvalue weighted by molar-refractivity contribution is 0.0951. The summed E-state index contributed by atoms with van der Waals surface area (Å²) in [6, 6.07) is 20.5. The fraction of sp³-hybridized carbons (Fsp3) is 0.167. The van der Waals surface area contributed by atoms with Crippen molar-refractivity contribution in [3.05, 3.63) is 100 Å². The summed E-state index contributed by atoms with van der Waals surface area (Å²) in [5, 5.41) is 5.83. The number of hydrogen-bond acceptors (Lipinski definition) is 2. The lowest BCUT2D eigenvalue weighted by Gasteiger charge is -2.11. The van der Waals surface area contributed by atoms with Gasteiger partial charge in [-0.1, -0.05) is 48.0 Å². The zero-order chi connectivity index (χ0) is 20.1. The van der Waals surface area contributed by atoms with Gasteiger partial charge in [-0.15, -0.1) is 0 Å². The average molecular weight is 372 g/mol. The number of benzene rings is 3. The number of aryl methyl sites for hydroxylation is 3. The van der Waals surface area contributed by atoms with Gasteiger partial charge in [-0.2, -0.15) is 0 Å². The highest BCUT2D eigenvalue weighted by Gasteiger charge is 2.12. The predicted octanol–water partition coefficient (Wildman–Crippen LogP) is 4.79. The van der Waals surface area contributed by atoms with Crippen molar-refractivity contribution >= 4 is 17.5 Å². The first-order valence-corrected chi connectivity index (χ1v) is 9.25. The van der Waals surface area contributed by atoms with E-state index in [0.29, 0.717) is 17.7 Å². The van der Waals surface area contributed by atoms with E-state index in [1.165, 1.54) is 0 Å². The molecular formula is C24H24N2O2. The van der Waals surface area contributed by atoms with Crippen LogP contribution >= 0.6 is 0 Å². The zero-order valence-corrected chi connectivity index (χ0v) is 16.4. The number of carbonyl (C=O) groups is 2. The molecule has 0 radical (unpaired) electrons. The second kappa shape index (κ2) is 8.53. The molecule has 0 atom stereocenters. The Hall–Kier alpha value is -3.40. The van der Waals surface area contributed by atoms with Crippen LogP contribution in [0.1, 0.15) is 43.0 Å². The molecule has 0 saturated carbocycles. The summed E-state index contributed by atoms with van der Waals surface area (Å²) < 4.78 is 0. The summed E-state index contributed by atoms with van der Waals surface area (Å²) in [5.74, 6) is -0.440. The fourth-order valence-electron chi connectivity index (χ4n) is 3.04. The molecule has 0 fully saturated rings. The van der Waals surface area contributed by atoms with Crippen LogP contribution in [-0.4, -0.2) is 11.8 Å². The Labute approximate surface area is 165 Å². The van der Waals surface area contributed by atoms with Crippen LogP contribution in [0.4, 0.5) is 5.69 Å². The third-order valence-electron chi connectivity index (χ3n) is 4.72. The molecule has 0 heterocycles. The molecule has 3 aromatic rings. The van der Waals surface area contributed by atoms with E-state index in [1.807, 2.05) is 63.2 Å². The minimum atomic E-state index is -0.236. The monoisotopic (exact) mass is 372 g/mol. The van der Waals surface area contributed by atoms with Crippen molar-refractivity contribution in [3.63, 3.8) is 0 Å². The molecule has 0 saturated heterocycles. The molecule has 2 N–H and O–H groups in total. The number of hydrogen-bond donors (Lipinski definition) is 2. The first-order valence-electron chi connectivity index (χ1n) is 9.25. The van der Waals surface area contributed by atoms with Crippen LogP contribution in [-0.2, 0) is 6.54 Å². The maximum atomic E-state index is 12.6. The molecule has 0 aliphatic carbocycles. The minimum absolute atomic E-state index is 0.204. The predicted molar refractivity (Wildman–Crippen MR) is 113 cm³/mol. The van der Waals surface area contributed by atoms with E-state index in [4.69, 9.17) is 0 Å². The van der Waals surface area contributed by atoms with E-state index >= 15 is 0 Å². The largest absolute Gasteiger partial charge is 0.348 e. The molecular weight excluding hydrogens is 348 g/mol. The van der Waals surface area contributed by atoms with Crippen molar-refractivity contribution in [2.24, 2.45) is 0 Å². The Morgan fingerprint density at radius 3 is 2.18 bits per heavy atom. The third kappa shape index (κ3) is 4.65. The fourth-order valence-corrected chi connectivity index (χ4v) is 3.04. The van der Waals surface area contributed by atoms with E-state index < -0.39 is 0 Å². The summed E-state index contributed by atoms with van der Waals surface area (Å²) in [4.78, 5) is 25.1. The molecule has 0 bridgehead atoms. The highest BCUT2D eigenvalue weighted by atomic mass is 16.2. The Bertz CT molecular complexity index is 1020. The van der Waals surface area contributed by atoms with Gasteiger partial charge in [0, 0.05) is 23.4 Å². The Kier molecular flexibility index (Phi) is 5.90. The van der Waals surface area contributed by atoms with E-state index in [9.17, 15) is 9.59 Å². The van der Waals surface area contributed by atoms with Crippen LogP contribution in [0.2, 0.25) is 0 Å². The molecule has 3 aromatic carbocycles. The maximum Gasteiger partial charge on any atom is 0.255 e. The van der Waals surface area contributed by atoms with Crippen molar-refractivity contribution in [2.45, 2.75) is 27.3 Å². The van der Waals surface area contributed by atoms with Gasteiger partial charge in [0.15, 0.2) is 0 Å². The molecule has 0 aliphatic heterocycles. The van der Waals surface area contributed by atoms with Gasteiger partial charge >= 0.3 is 0 Å². The number of rotatable bonds is 5. The van der Waals surface area contributed by atoms with Crippen LogP contribution in [0.15, 0.2) is 66.7 Å². The molecule has 2 amide bonds. The summed E-state index contributed by atoms with van der Waals surface area (Å²) in [7, 11) is 0. The molecule has 0 aromatic heterocycles. The maximum absolute atomic E-state index is 12.6. The Balaban J connectivity index is 1.69. The lowest BCUT2D eigenvalue weighted by atomic mass is 10.1. The SMILES string of the molecule is Cc1ccc(NC(=O)c2cccc(C(=O)NCc3ccccc3C)c2)c(C)c1. The van der Waals surface area contributed by atoms with Gasteiger partial charge < -0.3 is 10.6 Å². The first kappa shape index (κ1) is 19.4. The van der Waals surface area contributed by atoms with Crippen LogP contribution in [0.25, 0.3) is 0 Å². The Morgan fingerprint density at radius 2 is 1.46 bits per heavy atom. The molecule has 0 aliphatic rings. The van der Waals surface area contributed by atoms with Crippen LogP contribution < -0.4 is 10.6 Å². The number of anilines is 1. The first-order chi connectivity index (χ1) is 13.4. The minimum Gasteiger partial charge on any atom is -0.348 e. The normalized spacial score (nSPS) is 10.4. The van der Waals surface area contributed by atoms with Gasteiger partial charge in [-0.25, -0.2) is 0 Å². The molecule has 4 nitrogen and oxygen atoms in total. The standard InChI is InChI=1S/C24H24N2O2/c1-16-11-12-22(18(3)13-16)26-24(28)20-10-6-9-19(14-20)23(27)25-15-21-8-5-4-7-17(21)2/h4-14H,15H2,1-3H3,(H,25,27)(H,26,28). The highest BCUT2D eigenvalue weighted by molar-refractivity contribution is 6.06. The van der Waals surface area contributed by atoms with Gasteiger partial charge in [-0.05, 0) is 61.7 Å². The van der Waals surface area contributed by atoms with Gasteiger partial charge in [0.2, 0.25) is 0 Å². The topological polar surface area (TPSA) is 58.2 Å². The van der Waals surface area contributed by atoms with Crippen LogP contribution in [0.3, 0.4) is 0 Å². The van der Waals surface area contributed by atoms with Crippen molar-refractivity contribution in [3.8, 4) is 0 Å². The van der Waals surface area contributed by atoms with Gasteiger partial charge in [0.05, 0.1) is 0 Å². The molecule has 142 valence electrons. The van der Waals surface area contributed by atoms with E-state index in [1.54, 1.807) is 24.3 Å². The van der Waals surface area contributed by atoms with Crippen LogP contribution in [0.5, 0.6) is 0 Å². The van der Waals surface area contributed by atoms with Gasteiger partial charge in [0.25, 0.3) is 11.8 Å². The second-order valence-electron chi connectivity index (χ2n) is 6.96. The second-order valence-corrected chi connectivity index (χ2v) is 6.96. The number of amides is 2. The number of carbonyl (C=O) groups excluding carboxylic acids is 2. The van der Waals surface area contributed by atoms with Gasteiger partial charge in [0.1, 0.15) is 0 Å². The Morgan fingerprint density at radius 1 is 0.750 bits per heavy atom. The summed E-state index contributed by atoms with van der Waals surface area (Å²) >= 11 is 0. The van der Waals surface area contributed by atoms with Crippen LogP contribution in [0, 0.1) is 20.8 Å². The van der Waals surface area contributed by atoms with Crippen molar-refractivity contribution in [1.29, 1.82) is 0 Å². The summed E-state index contributed by atoms with van der Waals surface area (Å²) in [5.41, 5.74) is 6.02. The zero-order valence-electron chi connectivity index (χ0n) is 16.4. The average Bonchev–Trinajstić information content (AvgIpc) is 2.69. The quantitative estimate of drug-likeness (QED) is 0.676. The smallest absolute Gasteiger partial charge is 0.255 e. The molecule has 3 rings (SSSR count). The van der Waals surface area contributed by atoms with E-state index in [2.05, 4.69) is 10.6 Å².